The van der Waals surface area contributed by atoms with Crippen LogP contribution in [-0.2, 0) is 40.7 Å². The number of carbonyl (C=O) groups excluding carboxylic acids is 2. The second-order valence-electron chi connectivity index (χ2n) is 13.1. The summed E-state index contributed by atoms with van der Waals surface area (Å²) in [7, 11) is -6.12. The highest BCUT2D eigenvalue weighted by molar-refractivity contribution is 7.92. The van der Waals surface area contributed by atoms with Crippen molar-refractivity contribution in [3.8, 4) is 0 Å². The fourth-order valence-corrected chi connectivity index (χ4v) is 6.85. The van der Waals surface area contributed by atoms with Crippen LogP contribution in [0.2, 0.25) is 0 Å². The molecule has 3 aromatic rings. The third-order valence-corrected chi connectivity index (χ3v) is 10.00. The number of nitrogens with zero attached hydrogens (tertiary/aromatic N) is 4. The first-order valence-electron chi connectivity index (χ1n) is 15.4. The van der Waals surface area contributed by atoms with Gasteiger partial charge < -0.3 is 9.47 Å². The zero-order valence-electron chi connectivity index (χ0n) is 28.6. The van der Waals surface area contributed by atoms with Crippen LogP contribution in [-0.4, -0.2) is 69.4 Å². The van der Waals surface area contributed by atoms with Gasteiger partial charge in [-0.2, -0.15) is 0 Å². The van der Waals surface area contributed by atoms with Gasteiger partial charge in [0.15, 0.2) is 0 Å². The van der Waals surface area contributed by atoms with Crippen LogP contribution >= 0.6 is 0 Å². The van der Waals surface area contributed by atoms with E-state index in [2.05, 4.69) is 14.7 Å². The Labute approximate surface area is 283 Å². The Bertz CT molecular complexity index is 1770. The van der Waals surface area contributed by atoms with Crippen LogP contribution < -0.4 is 13.9 Å². The normalized spacial score (nSPS) is 13.0. The van der Waals surface area contributed by atoms with Crippen molar-refractivity contribution in [3.63, 3.8) is 0 Å². The van der Waals surface area contributed by atoms with Crippen molar-refractivity contribution in [2.75, 3.05) is 28.6 Å². The lowest BCUT2D eigenvalue weighted by molar-refractivity contribution is -0.153. The summed E-state index contributed by atoms with van der Waals surface area (Å²) in [5.74, 6) is -0.656. The molecule has 1 N–H and O–H groups in total. The van der Waals surface area contributed by atoms with Gasteiger partial charge in [0.25, 0.3) is 0 Å². The number of ether oxygens (including phenoxy) is 2. The average molecular weight is 704 g/mol. The minimum atomic E-state index is -4.11. The van der Waals surface area contributed by atoms with Crippen LogP contribution in [0.5, 0.6) is 0 Å². The van der Waals surface area contributed by atoms with Gasteiger partial charge in [0.05, 0.1) is 23.2 Å². The Morgan fingerprint density at radius 2 is 1.54 bits per heavy atom. The predicted molar refractivity (Wildman–Crippen MR) is 184 cm³/mol. The van der Waals surface area contributed by atoms with Crippen molar-refractivity contribution in [1.82, 2.24) is 14.7 Å². The number of benzene rings is 1. The molecule has 1 atom stereocenters. The number of amides is 1. The van der Waals surface area contributed by atoms with Gasteiger partial charge in [-0.1, -0.05) is 25.1 Å². The van der Waals surface area contributed by atoms with Crippen molar-refractivity contribution in [2.45, 2.75) is 83.4 Å². The molecule has 2 heterocycles. The molecule has 13 nitrogen and oxygen atoms in total. The molecule has 2 aromatic heterocycles. The number of esters is 1. The second kappa shape index (κ2) is 15.4. The Kier molecular flexibility index (Phi) is 12.3. The Balaban J connectivity index is 2.05. The first kappa shape index (κ1) is 38.4. The predicted octanol–water partition coefficient (Wildman–Crippen LogP) is 5.00. The van der Waals surface area contributed by atoms with Crippen LogP contribution in [0.1, 0.15) is 72.2 Å². The van der Waals surface area contributed by atoms with Crippen molar-refractivity contribution in [3.05, 3.63) is 78.2 Å². The summed E-state index contributed by atoms with van der Waals surface area (Å²) >= 11 is 0. The monoisotopic (exact) mass is 703 g/mol. The number of carbonyl (C=O) groups is 2. The molecule has 0 radical (unpaired) electrons. The molecule has 0 aliphatic carbocycles. The summed E-state index contributed by atoms with van der Waals surface area (Å²) < 4.78 is 67.1. The number of hydrogen-bond acceptors (Lipinski definition) is 10. The summed E-state index contributed by atoms with van der Waals surface area (Å²) in [4.78, 5) is 35.7. The van der Waals surface area contributed by atoms with E-state index in [1.165, 1.54) is 41.9 Å². The van der Waals surface area contributed by atoms with Gasteiger partial charge >= 0.3 is 12.1 Å². The molecule has 15 heteroatoms. The van der Waals surface area contributed by atoms with E-state index in [0.29, 0.717) is 17.7 Å². The Morgan fingerprint density at radius 3 is 2.10 bits per heavy atom. The number of sulfonamides is 2. The number of hydrogen-bond donors (Lipinski definition) is 1. The van der Waals surface area contributed by atoms with Gasteiger partial charge in [0.2, 0.25) is 20.0 Å². The van der Waals surface area contributed by atoms with Gasteiger partial charge in [-0.3, -0.25) is 19.0 Å². The fraction of sp³-hybridized carbons (Fsp3) is 0.455. The van der Waals surface area contributed by atoms with Crippen LogP contribution in [0.15, 0.2) is 71.9 Å². The maximum Gasteiger partial charge on any atom is 0.416 e. The summed E-state index contributed by atoms with van der Waals surface area (Å²) in [5, 5.41) is 0. The molecule has 3 rings (SSSR count). The van der Waals surface area contributed by atoms with Gasteiger partial charge in [-0.25, -0.2) is 31.3 Å². The molecular weight excluding hydrogens is 659 g/mol. The zero-order chi connectivity index (χ0) is 35.9. The molecule has 0 fully saturated rings. The number of anilines is 2. The minimum absolute atomic E-state index is 0.000299. The molecule has 1 aromatic carbocycles. The third kappa shape index (κ3) is 11.3. The highest BCUT2D eigenvalue weighted by Gasteiger charge is 2.30. The fourth-order valence-electron chi connectivity index (χ4n) is 4.44. The molecule has 1 unspecified atom stereocenters. The molecule has 0 saturated carbocycles. The zero-order valence-corrected chi connectivity index (χ0v) is 30.3. The van der Waals surface area contributed by atoms with Gasteiger partial charge in [0, 0.05) is 19.4 Å². The molecule has 0 aliphatic heterocycles. The number of nitrogens with one attached hydrogen (secondary N) is 1. The van der Waals surface area contributed by atoms with Gasteiger partial charge in [0.1, 0.15) is 28.5 Å². The molecule has 0 aliphatic rings. The topological polar surface area (TPSA) is 165 Å². The lowest BCUT2D eigenvalue weighted by atomic mass is 10.0. The van der Waals surface area contributed by atoms with E-state index in [4.69, 9.17) is 9.47 Å². The highest BCUT2D eigenvalue weighted by Crippen LogP contribution is 2.26. The van der Waals surface area contributed by atoms with E-state index in [9.17, 15) is 26.4 Å². The second-order valence-corrected chi connectivity index (χ2v) is 16.9. The molecular formula is C33H45N5O8S2. The van der Waals surface area contributed by atoms with Gasteiger partial charge in [-0.05, 0) is 96.3 Å². The summed E-state index contributed by atoms with van der Waals surface area (Å²) in [6.07, 6.45) is 2.40. The summed E-state index contributed by atoms with van der Waals surface area (Å²) in [6, 6.07) is 13.3. The summed E-state index contributed by atoms with van der Waals surface area (Å²) in [6.45, 7) is 11.4. The lowest BCUT2D eigenvalue weighted by Crippen LogP contribution is -2.42. The molecule has 0 spiro atoms. The average Bonchev–Trinajstić information content (AvgIpc) is 2.98. The Morgan fingerprint density at radius 1 is 0.896 bits per heavy atom. The van der Waals surface area contributed by atoms with Crippen LogP contribution in [0.25, 0.3) is 0 Å². The van der Waals surface area contributed by atoms with E-state index in [0.717, 1.165) is 4.90 Å². The molecule has 1 amide bonds. The Hall–Kier alpha value is -4.08. The van der Waals surface area contributed by atoms with Crippen LogP contribution in [0.4, 0.5) is 16.3 Å². The maximum atomic E-state index is 13.5. The van der Waals surface area contributed by atoms with Crippen LogP contribution in [0.3, 0.4) is 0 Å². The van der Waals surface area contributed by atoms with Crippen molar-refractivity contribution >= 4 is 43.6 Å². The van der Waals surface area contributed by atoms with E-state index in [1.54, 1.807) is 84.9 Å². The first-order valence-corrected chi connectivity index (χ1v) is 18.5. The highest BCUT2D eigenvalue weighted by atomic mass is 32.2. The quantitative estimate of drug-likeness (QED) is 0.240. The van der Waals surface area contributed by atoms with Crippen molar-refractivity contribution < 1.29 is 35.9 Å². The van der Waals surface area contributed by atoms with Crippen LogP contribution in [0, 0.1) is 0 Å². The molecule has 48 heavy (non-hydrogen) atoms. The van der Waals surface area contributed by atoms with Crippen molar-refractivity contribution in [1.29, 1.82) is 0 Å². The lowest BCUT2D eigenvalue weighted by Gasteiger charge is -2.28. The number of pyridine rings is 2. The largest absolute Gasteiger partial charge is 0.459 e. The van der Waals surface area contributed by atoms with E-state index >= 15 is 0 Å². The van der Waals surface area contributed by atoms with E-state index in [1.807, 2.05) is 0 Å². The van der Waals surface area contributed by atoms with E-state index < -0.39 is 55.9 Å². The third-order valence-electron chi connectivity index (χ3n) is 6.57. The standard InChI is InChI=1S/C33H45N5O8S2/c1-9-20-47(41,42)37(8)25-17-15-24(16-18-25)21-28(36-48(43,44)26-12-11-19-34-22-26)27-13-10-14-29(35-27)38(31(40)46-33(5,6)7)23-30(39)45-32(2,3)4/h10-19,22,28,36H,9,20-21,23H2,1-8H3. The number of aromatic nitrogens is 2. The smallest absolute Gasteiger partial charge is 0.416 e. The van der Waals surface area contributed by atoms with Crippen molar-refractivity contribution in [2.24, 2.45) is 0 Å². The van der Waals surface area contributed by atoms with E-state index in [-0.39, 0.29) is 28.6 Å². The van der Waals surface area contributed by atoms with Gasteiger partial charge in [-0.15, -0.1) is 0 Å². The number of rotatable bonds is 13. The minimum Gasteiger partial charge on any atom is -0.459 e. The maximum absolute atomic E-state index is 13.5. The summed E-state index contributed by atoms with van der Waals surface area (Å²) in [5.41, 5.74) is -0.339. The first-order chi connectivity index (χ1) is 22.2. The SMILES string of the molecule is CCCS(=O)(=O)N(C)c1ccc(CC(NS(=O)(=O)c2cccnc2)c2cccc(N(CC(=O)OC(C)(C)C)C(=O)OC(C)(C)C)n2)cc1. The molecule has 0 bridgehead atoms. The molecule has 262 valence electrons. The molecule has 0 saturated heterocycles.